The van der Waals surface area contributed by atoms with Crippen molar-refractivity contribution in [2.75, 3.05) is 36.3 Å². The second kappa shape index (κ2) is 7.77. The summed E-state index contributed by atoms with van der Waals surface area (Å²) in [6.07, 6.45) is 0.922. The first-order valence-electron chi connectivity index (χ1n) is 5.47. The number of nitrogens with zero attached hydrogens (tertiary/aromatic N) is 1. The van der Waals surface area contributed by atoms with E-state index in [1.54, 1.807) is 0 Å². The average molecular weight is 261 g/mol. The fourth-order valence-electron chi connectivity index (χ4n) is 1.61. The molecule has 0 aliphatic rings. The molecule has 2 N–H and O–H groups in total. The van der Waals surface area contributed by atoms with E-state index < -0.39 is 0 Å². The van der Waals surface area contributed by atoms with Gasteiger partial charge in [-0.1, -0.05) is 12.1 Å². The number of hydrogen-bond donors (Lipinski definition) is 1. The predicted molar refractivity (Wildman–Crippen MR) is 72.9 cm³/mol. The van der Waals surface area contributed by atoms with Crippen LogP contribution in [0, 0.1) is 0 Å². The summed E-state index contributed by atoms with van der Waals surface area (Å²) >= 11 is 11.5. The minimum atomic E-state index is 0.613. The Morgan fingerprint density at radius 1 is 1.00 bits per heavy atom. The monoisotopic (exact) mass is 260 g/mol. The summed E-state index contributed by atoms with van der Waals surface area (Å²) in [5.74, 6) is 1.23. The molecule has 90 valence electrons. The maximum atomic E-state index is 5.76. The van der Waals surface area contributed by atoms with Crippen molar-refractivity contribution >= 4 is 28.9 Å². The van der Waals surface area contributed by atoms with Gasteiger partial charge < -0.3 is 10.6 Å². The third-order valence-electron chi connectivity index (χ3n) is 2.44. The van der Waals surface area contributed by atoms with Crippen LogP contribution in [0.1, 0.15) is 5.56 Å². The van der Waals surface area contributed by atoms with Crippen molar-refractivity contribution < 1.29 is 0 Å². The van der Waals surface area contributed by atoms with Crippen LogP contribution in [0.2, 0.25) is 0 Å². The van der Waals surface area contributed by atoms with Gasteiger partial charge in [-0.3, -0.25) is 0 Å². The summed E-state index contributed by atoms with van der Waals surface area (Å²) in [5, 5.41) is 0. The van der Waals surface area contributed by atoms with Gasteiger partial charge in [0.25, 0.3) is 0 Å². The van der Waals surface area contributed by atoms with E-state index in [2.05, 4.69) is 29.2 Å². The molecular formula is C12H18Cl2N2. The molecule has 0 heterocycles. The highest BCUT2D eigenvalue weighted by Crippen LogP contribution is 2.15. The van der Waals surface area contributed by atoms with Gasteiger partial charge >= 0.3 is 0 Å². The molecule has 1 rings (SSSR count). The average Bonchev–Trinajstić information content (AvgIpc) is 2.30. The lowest BCUT2D eigenvalue weighted by atomic mass is 10.1. The highest BCUT2D eigenvalue weighted by Gasteiger charge is 2.04. The molecule has 0 amide bonds. The molecule has 0 aliphatic heterocycles. The van der Waals surface area contributed by atoms with E-state index in [1.165, 1.54) is 11.3 Å². The molecule has 1 aromatic rings. The first-order chi connectivity index (χ1) is 7.81. The summed E-state index contributed by atoms with van der Waals surface area (Å²) in [6, 6.07) is 8.42. The second-order valence-electron chi connectivity index (χ2n) is 3.57. The molecule has 16 heavy (non-hydrogen) atoms. The van der Waals surface area contributed by atoms with Crippen molar-refractivity contribution in [3.63, 3.8) is 0 Å². The number of rotatable bonds is 7. The Bertz CT molecular complexity index is 282. The van der Waals surface area contributed by atoms with E-state index in [1.807, 2.05) is 0 Å². The van der Waals surface area contributed by atoms with Crippen LogP contribution in [0.5, 0.6) is 0 Å². The molecule has 0 aromatic heterocycles. The zero-order valence-corrected chi connectivity index (χ0v) is 10.8. The molecule has 0 unspecified atom stereocenters. The highest BCUT2D eigenvalue weighted by molar-refractivity contribution is 6.18. The Hall–Kier alpha value is -0.440. The SMILES string of the molecule is NCCc1ccc(N(CCCl)CCCl)cc1. The first kappa shape index (κ1) is 13.6. The molecule has 0 atom stereocenters. The molecule has 1 aromatic carbocycles. The van der Waals surface area contributed by atoms with Crippen molar-refractivity contribution in [2.45, 2.75) is 6.42 Å². The molecular weight excluding hydrogens is 243 g/mol. The van der Waals surface area contributed by atoms with Gasteiger partial charge in [-0.15, -0.1) is 23.2 Å². The van der Waals surface area contributed by atoms with Crippen LogP contribution in [0.15, 0.2) is 24.3 Å². The zero-order chi connectivity index (χ0) is 11.8. The summed E-state index contributed by atoms with van der Waals surface area (Å²) < 4.78 is 0. The standard InChI is InChI=1S/C12H18Cl2N2/c13-6-9-16(10-7-14)12-3-1-11(2-4-12)5-8-15/h1-4H,5-10,15H2. The Morgan fingerprint density at radius 3 is 2.00 bits per heavy atom. The van der Waals surface area contributed by atoms with Gasteiger partial charge in [0.05, 0.1) is 0 Å². The molecule has 0 spiro atoms. The Morgan fingerprint density at radius 2 is 1.56 bits per heavy atom. The maximum absolute atomic E-state index is 5.76. The van der Waals surface area contributed by atoms with Crippen molar-refractivity contribution in [1.29, 1.82) is 0 Å². The van der Waals surface area contributed by atoms with Crippen LogP contribution >= 0.6 is 23.2 Å². The van der Waals surface area contributed by atoms with Crippen molar-refractivity contribution in [2.24, 2.45) is 5.73 Å². The number of anilines is 1. The smallest absolute Gasteiger partial charge is 0.0399 e. The largest absolute Gasteiger partial charge is 0.369 e. The number of alkyl halides is 2. The van der Waals surface area contributed by atoms with E-state index in [0.717, 1.165) is 19.5 Å². The van der Waals surface area contributed by atoms with Gasteiger partial charge in [-0.25, -0.2) is 0 Å². The van der Waals surface area contributed by atoms with Crippen LogP contribution in [0.25, 0.3) is 0 Å². The van der Waals surface area contributed by atoms with Crippen LogP contribution < -0.4 is 10.6 Å². The summed E-state index contributed by atoms with van der Waals surface area (Å²) in [6.45, 7) is 2.33. The van der Waals surface area contributed by atoms with Crippen LogP contribution in [-0.4, -0.2) is 31.4 Å². The number of hydrogen-bond acceptors (Lipinski definition) is 2. The van der Waals surface area contributed by atoms with Crippen molar-refractivity contribution in [3.8, 4) is 0 Å². The van der Waals surface area contributed by atoms with Crippen molar-refractivity contribution in [3.05, 3.63) is 29.8 Å². The van der Waals surface area contributed by atoms with Gasteiger partial charge in [0.2, 0.25) is 0 Å². The van der Waals surface area contributed by atoms with Crippen LogP contribution in [-0.2, 0) is 6.42 Å². The number of nitrogens with two attached hydrogens (primary N) is 1. The Labute approximate surface area is 107 Å². The summed E-state index contributed by atoms with van der Waals surface area (Å²) in [4.78, 5) is 2.19. The van der Waals surface area contributed by atoms with E-state index >= 15 is 0 Å². The molecule has 0 aliphatic carbocycles. The second-order valence-corrected chi connectivity index (χ2v) is 4.33. The third-order valence-corrected chi connectivity index (χ3v) is 2.78. The lowest BCUT2D eigenvalue weighted by molar-refractivity contribution is 0.872. The third kappa shape index (κ3) is 4.20. The maximum Gasteiger partial charge on any atom is 0.0399 e. The summed E-state index contributed by atoms with van der Waals surface area (Å²) in [5.41, 5.74) is 7.94. The predicted octanol–water partition coefficient (Wildman–Crippen LogP) is 2.47. The van der Waals surface area contributed by atoms with Crippen LogP contribution in [0.4, 0.5) is 5.69 Å². The molecule has 0 fully saturated rings. The van der Waals surface area contributed by atoms with Gasteiger partial charge in [-0.2, -0.15) is 0 Å². The molecule has 4 heteroatoms. The zero-order valence-electron chi connectivity index (χ0n) is 9.33. The molecule has 2 nitrogen and oxygen atoms in total. The number of halogens is 2. The summed E-state index contributed by atoms with van der Waals surface area (Å²) in [7, 11) is 0. The van der Waals surface area contributed by atoms with Gasteiger partial charge in [-0.05, 0) is 30.7 Å². The fourth-order valence-corrected chi connectivity index (χ4v) is 2.02. The lowest BCUT2D eigenvalue weighted by Crippen LogP contribution is -2.27. The minimum Gasteiger partial charge on any atom is -0.369 e. The highest BCUT2D eigenvalue weighted by atomic mass is 35.5. The van der Waals surface area contributed by atoms with Gasteiger partial charge in [0, 0.05) is 30.5 Å². The minimum absolute atomic E-state index is 0.613. The lowest BCUT2D eigenvalue weighted by Gasteiger charge is -2.23. The Balaban J connectivity index is 2.68. The molecule has 0 bridgehead atoms. The molecule has 0 saturated heterocycles. The molecule has 0 saturated carbocycles. The van der Waals surface area contributed by atoms with E-state index in [0.29, 0.717) is 18.3 Å². The normalized spacial score (nSPS) is 10.4. The van der Waals surface area contributed by atoms with E-state index in [9.17, 15) is 0 Å². The topological polar surface area (TPSA) is 29.3 Å². The van der Waals surface area contributed by atoms with Crippen LogP contribution in [0.3, 0.4) is 0 Å². The number of benzene rings is 1. The van der Waals surface area contributed by atoms with E-state index in [4.69, 9.17) is 28.9 Å². The van der Waals surface area contributed by atoms with E-state index in [-0.39, 0.29) is 0 Å². The molecule has 0 radical (unpaired) electrons. The Kier molecular flexibility index (Phi) is 6.62. The van der Waals surface area contributed by atoms with Gasteiger partial charge in [0.15, 0.2) is 0 Å². The quantitative estimate of drug-likeness (QED) is 0.764. The fraction of sp³-hybridized carbons (Fsp3) is 0.500. The van der Waals surface area contributed by atoms with Gasteiger partial charge in [0.1, 0.15) is 0 Å². The van der Waals surface area contributed by atoms with Crippen molar-refractivity contribution in [1.82, 2.24) is 0 Å². The first-order valence-corrected chi connectivity index (χ1v) is 6.54.